The van der Waals surface area contributed by atoms with E-state index in [-0.39, 0.29) is 12.3 Å². The van der Waals surface area contributed by atoms with Gasteiger partial charge >= 0.3 is 5.97 Å². The molecule has 0 aromatic carbocycles. The first-order valence-electron chi connectivity index (χ1n) is 6.03. The number of carboxylic acids is 1. The Morgan fingerprint density at radius 2 is 2.21 bits per heavy atom. The van der Waals surface area contributed by atoms with Crippen LogP contribution in [0.5, 0.6) is 0 Å². The summed E-state index contributed by atoms with van der Waals surface area (Å²) in [5.41, 5.74) is 1.53. The topological polar surface area (TPSA) is 89.1 Å². The fourth-order valence-corrected chi connectivity index (χ4v) is 1.78. The minimum absolute atomic E-state index is 0.0451. The number of carbonyl (C=O) groups is 1. The predicted molar refractivity (Wildman–Crippen MR) is 67.4 cm³/mol. The molecule has 0 saturated heterocycles. The highest BCUT2D eigenvalue weighted by atomic mass is 16.5. The molecular formula is C13H15N3O3. The molecule has 0 aliphatic heterocycles. The maximum Gasteiger partial charge on any atom is 0.303 e. The molecule has 0 amide bonds. The quantitative estimate of drug-likeness (QED) is 0.886. The molecule has 6 nitrogen and oxygen atoms in total. The van der Waals surface area contributed by atoms with E-state index >= 15 is 0 Å². The van der Waals surface area contributed by atoms with Gasteiger partial charge in [0.2, 0.25) is 11.7 Å². The third-order valence-electron chi connectivity index (χ3n) is 2.63. The molecule has 0 spiro atoms. The lowest BCUT2D eigenvalue weighted by molar-refractivity contribution is -0.137. The zero-order chi connectivity index (χ0) is 13.8. The molecule has 0 radical (unpaired) electrons. The lowest BCUT2D eigenvalue weighted by atomic mass is 10.0. The standard InChI is InChI=1S/C13H15N3O3/c1-8(7-12(17)18)6-11-15-13(16-19-11)10-5-3-4-9(2)14-10/h3-5,8H,6-7H2,1-2H3,(H,17,18). The predicted octanol–water partition coefficient (Wildman–Crippen LogP) is 2.09. The van der Waals surface area contributed by atoms with Crippen molar-refractivity contribution in [2.75, 3.05) is 0 Å². The second-order valence-electron chi connectivity index (χ2n) is 4.58. The van der Waals surface area contributed by atoms with E-state index in [2.05, 4.69) is 15.1 Å². The summed E-state index contributed by atoms with van der Waals surface area (Å²) in [4.78, 5) is 19.1. The van der Waals surface area contributed by atoms with Crippen molar-refractivity contribution in [3.8, 4) is 11.5 Å². The summed E-state index contributed by atoms with van der Waals surface area (Å²) in [7, 11) is 0. The van der Waals surface area contributed by atoms with Crippen molar-refractivity contribution in [3.05, 3.63) is 29.8 Å². The lowest BCUT2D eigenvalue weighted by Crippen LogP contribution is -2.07. The van der Waals surface area contributed by atoms with E-state index in [0.29, 0.717) is 23.8 Å². The molecule has 2 rings (SSSR count). The Bertz CT molecular complexity index is 580. The van der Waals surface area contributed by atoms with E-state index in [0.717, 1.165) is 5.69 Å². The zero-order valence-corrected chi connectivity index (χ0v) is 10.8. The van der Waals surface area contributed by atoms with Gasteiger partial charge in [-0.2, -0.15) is 4.98 Å². The van der Waals surface area contributed by atoms with Crippen LogP contribution in [0.25, 0.3) is 11.5 Å². The van der Waals surface area contributed by atoms with Crippen LogP contribution >= 0.6 is 0 Å². The van der Waals surface area contributed by atoms with E-state index in [1.165, 1.54) is 0 Å². The molecule has 0 aliphatic carbocycles. The van der Waals surface area contributed by atoms with Crippen LogP contribution in [0, 0.1) is 12.8 Å². The average molecular weight is 261 g/mol. The van der Waals surface area contributed by atoms with Crippen molar-refractivity contribution in [2.45, 2.75) is 26.7 Å². The summed E-state index contributed by atoms with van der Waals surface area (Å²) in [6.45, 7) is 3.72. The third-order valence-corrected chi connectivity index (χ3v) is 2.63. The van der Waals surface area contributed by atoms with Crippen LogP contribution in [0.4, 0.5) is 0 Å². The van der Waals surface area contributed by atoms with Crippen LogP contribution in [0.15, 0.2) is 22.7 Å². The van der Waals surface area contributed by atoms with E-state index in [1.54, 1.807) is 0 Å². The Balaban J connectivity index is 2.09. The number of aliphatic carboxylic acids is 1. The van der Waals surface area contributed by atoms with Crippen LogP contribution in [0.2, 0.25) is 0 Å². The summed E-state index contributed by atoms with van der Waals surface area (Å²) in [6, 6.07) is 5.57. The number of rotatable bonds is 5. The third kappa shape index (κ3) is 3.61. The molecule has 1 atom stereocenters. The number of aryl methyl sites for hydroxylation is 1. The van der Waals surface area contributed by atoms with Gasteiger partial charge in [-0.1, -0.05) is 18.1 Å². The Morgan fingerprint density at radius 1 is 1.42 bits per heavy atom. The first-order chi connectivity index (χ1) is 9.04. The Labute approximate surface area is 110 Å². The molecule has 19 heavy (non-hydrogen) atoms. The maximum absolute atomic E-state index is 10.6. The van der Waals surface area contributed by atoms with Gasteiger partial charge in [-0.3, -0.25) is 4.79 Å². The second kappa shape index (κ2) is 5.60. The molecule has 6 heteroatoms. The van der Waals surface area contributed by atoms with Crippen molar-refractivity contribution in [1.29, 1.82) is 0 Å². The number of carboxylic acid groups (broad SMARTS) is 1. The van der Waals surface area contributed by atoms with Crippen molar-refractivity contribution in [1.82, 2.24) is 15.1 Å². The Kier molecular flexibility index (Phi) is 3.89. The smallest absolute Gasteiger partial charge is 0.303 e. The highest BCUT2D eigenvalue weighted by molar-refractivity contribution is 5.66. The number of pyridine rings is 1. The normalized spacial score (nSPS) is 12.3. The summed E-state index contributed by atoms with van der Waals surface area (Å²) < 4.78 is 5.12. The maximum atomic E-state index is 10.6. The molecule has 100 valence electrons. The van der Waals surface area contributed by atoms with Crippen LogP contribution in [0.1, 0.15) is 24.9 Å². The SMILES string of the molecule is Cc1cccc(-c2noc(CC(C)CC(=O)O)n2)n1. The van der Waals surface area contributed by atoms with Crippen molar-refractivity contribution < 1.29 is 14.4 Å². The van der Waals surface area contributed by atoms with Gasteiger partial charge in [0.25, 0.3) is 0 Å². The Hall–Kier alpha value is -2.24. The van der Waals surface area contributed by atoms with Gasteiger partial charge in [0, 0.05) is 18.5 Å². The molecule has 2 aromatic heterocycles. The monoisotopic (exact) mass is 261 g/mol. The summed E-state index contributed by atoms with van der Waals surface area (Å²) in [5.74, 6) is -0.00265. The summed E-state index contributed by atoms with van der Waals surface area (Å²) in [6.07, 6.45) is 0.533. The number of hydrogen-bond acceptors (Lipinski definition) is 5. The minimum Gasteiger partial charge on any atom is -0.481 e. The number of aromatic nitrogens is 3. The first kappa shape index (κ1) is 13.2. The van der Waals surface area contributed by atoms with Crippen molar-refractivity contribution in [3.63, 3.8) is 0 Å². The molecule has 0 saturated carbocycles. The average Bonchev–Trinajstić information content (AvgIpc) is 2.76. The number of nitrogens with zero attached hydrogens (tertiary/aromatic N) is 3. The van der Waals surface area contributed by atoms with Gasteiger partial charge in [0.1, 0.15) is 5.69 Å². The minimum atomic E-state index is -0.826. The zero-order valence-electron chi connectivity index (χ0n) is 10.8. The molecule has 2 heterocycles. The summed E-state index contributed by atoms with van der Waals surface area (Å²) in [5, 5.41) is 12.6. The van der Waals surface area contributed by atoms with Gasteiger partial charge in [0.15, 0.2) is 0 Å². The van der Waals surface area contributed by atoms with Crippen molar-refractivity contribution in [2.24, 2.45) is 5.92 Å². The van der Waals surface area contributed by atoms with Crippen LogP contribution in [-0.4, -0.2) is 26.2 Å². The van der Waals surface area contributed by atoms with E-state index < -0.39 is 5.97 Å². The van der Waals surface area contributed by atoms with Gasteiger partial charge in [-0.15, -0.1) is 0 Å². The highest BCUT2D eigenvalue weighted by Crippen LogP contribution is 2.16. The number of hydrogen-bond donors (Lipinski definition) is 1. The molecule has 1 N–H and O–H groups in total. The lowest BCUT2D eigenvalue weighted by Gasteiger charge is -2.03. The molecular weight excluding hydrogens is 246 g/mol. The summed E-state index contributed by atoms with van der Waals surface area (Å²) >= 11 is 0. The van der Waals surface area contributed by atoms with E-state index in [1.807, 2.05) is 32.0 Å². The van der Waals surface area contributed by atoms with Crippen molar-refractivity contribution >= 4 is 5.97 Å². The van der Waals surface area contributed by atoms with Crippen LogP contribution < -0.4 is 0 Å². The van der Waals surface area contributed by atoms with Crippen LogP contribution in [0.3, 0.4) is 0 Å². The second-order valence-corrected chi connectivity index (χ2v) is 4.58. The van der Waals surface area contributed by atoms with Gasteiger partial charge in [-0.05, 0) is 25.0 Å². The van der Waals surface area contributed by atoms with Gasteiger partial charge in [0.05, 0.1) is 0 Å². The van der Waals surface area contributed by atoms with Crippen LogP contribution in [-0.2, 0) is 11.2 Å². The first-order valence-corrected chi connectivity index (χ1v) is 6.03. The fourth-order valence-electron chi connectivity index (χ4n) is 1.78. The molecule has 0 bridgehead atoms. The molecule has 2 aromatic rings. The molecule has 0 fully saturated rings. The van der Waals surface area contributed by atoms with Gasteiger partial charge in [-0.25, -0.2) is 4.98 Å². The van der Waals surface area contributed by atoms with E-state index in [9.17, 15) is 4.79 Å². The molecule has 0 aliphatic rings. The largest absolute Gasteiger partial charge is 0.481 e. The Morgan fingerprint density at radius 3 is 2.89 bits per heavy atom. The highest BCUT2D eigenvalue weighted by Gasteiger charge is 2.15. The fraction of sp³-hybridized carbons (Fsp3) is 0.385. The van der Waals surface area contributed by atoms with E-state index in [4.69, 9.17) is 9.63 Å². The molecule has 1 unspecified atom stereocenters. The van der Waals surface area contributed by atoms with Gasteiger partial charge < -0.3 is 9.63 Å².